The quantitative estimate of drug-likeness (QED) is 0.649. The summed E-state index contributed by atoms with van der Waals surface area (Å²) in [4.78, 5) is 11.9. The van der Waals surface area contributed by atoms with E-state index in [1.807, 2.05) is 0 Å². The van der Waals surface area contributed by atoms with Gasteiger partial charge in [-0.2, -0.15) is 0 Å². The Morgan fingerprint density at radius 3 is 2.47 bits per heavy atom. The highest BCUT2D eigenvalue weighted by Crippen LogP contribution is 2.08. The minimum atomic E-state index is -0.992. The summed E-state index contributed by atoms with van der Waals surface area (Å²) in [6, 6.07) is 7.07. The van der Waals surface area contributed by atoms with Gasteiger partial charge < -0.3 is 10.5 Å². The molecule has 0 aliphatic carbocycles. The van der Waals surface area contributed by atoms with Gasteiger partial charge in [0.15, 0.2) is 0 Å². The standard InChI is InChI=1S/C12H15NO3S/c1-9(13)7-12(14)16-8-10-3-5-11(6-4-10)17(2)15/h3-7H,8,13H2,1-2H3/b9-7-. The summed E-state index contributed by atoms with van der Waals surface area (Å²) in [5.74, 6) is -0.465. The van der Waals surface area contributed by atoms with E-state index in [9.17, 15) is 9.00 Å². The molecule has 17 heavy (non-hydrogen) atoms. The van der Waals surface area contributed by atoms with Crippen molar-refractivity contribution in [1.82, 2.24) is 0 Å². The average molecular weight is 253 g/mol. The first-order valence-corrected chi connectivity index (χ1v) is 6.57. The number of carbonyl (C=O) groups is 1. The summed E-state index contributed by atoms with van der Waals surface area (Å²) < 4.78 is 16.1. The van der Waals surface area contributed by atoms with Crippen molar-refractivity contribution < 1.29 is 13.7 Å². The Morgan fingerprint density at radius 2 is 2.00 bits per heavy atom. The maximum atomic E-state index is 11.2. The highest BCUT2D eigenvalue weighted by Gasteiger charge is 2.01. The fourth-order valence-corrected chi connectivity index (χ4v) is 1.68. The van der Waals surface area contributed by atoms with Gasteiger partial charge >= 0.3 is 5.97 Å². The van der Waals surface area contributed by atoms with Crippen LogP contribution in [0, 0.1) is 0 Å². The Labute approximate surface area is 103 Å². The number of hydrogen-bond acceptors (Lipinski definition) is 4. The molecule has 0 saturated heterocycles. The van der Waals surface area contributed by atoms with Crippen LogP contribution in [0.2, 0.25) is 0 Å². The van der Waals surface area contributed by atoms with Crippen molar-refractivity contribution in [2.24, 2.45) is 5.73 Å². The van der Waals surface area contributed by atoms with Crippen LogP contribution < -0.4 is 5.73 Å². The molecule has 0 spiro atoms. The first-order chi connectivity index (χ1) is 7.99. The van der Waals surface area contributed by atoms with Crippen LogP contribution in [0.4, 0.5) is 0 Å². The molecule has 92 valence electrons. The van der Waals surface area contributed by atoms with Gasteiger partial charge in [0.1, 0.15) is 6.61 Å². The number of hydrogen-bond donors (Lipinski definition) is 1. The predicted molar refractivity (Wildman–Crippen MR) is 66.5 cm³/mol. The zero-order chi connectivity index (χ0) is 12.8. The second-order valence-corrected chi connectivity index (χ2v) is 4.97. The molecule has 1 aromatic rings. The largest absolute Gasteiger partial charge is 0.458 e. The highest BCUT2D eigenvalue weighted by molar-refractivity contribution is 7.84. The molecule has 0 aromatic heterocycles. The predicted octanol–water partition coefficient (Wildman–Crippen LogP) is 1.33. The number of ether oxygens (including phenoxy) is 1. The van der Waals surface area contributed by atoms with Crippen molar-refractivity contribution in [1.29, 1.82) is 0 Å². The van der Waals surface area contributed by atoms with Gasteiger partial charge in [-0.1, -0.05) is 12.1 Å². The van der Waals surface area contributed by atoms with Crippen LogP contribution in [0.15, 0.2) is 40.9 Å². The van der Waals surface area contributed by atoms with Crippen LogP contribution in [-0.2, 0) is 26.9 Å². The summed E-state index contributed by atoms with van der Waals surface area (Å²) in [5.41, 5.74) is 6.59. The highest BCUT2D eigenvalue weighted by atomic mass is 32.2. The molecule has 0 radical (unpaired) electrons. The van der Waals surface area contributed by atoms with Crippen molar-refractivity contribution in [3.63, 3.8) is 0 Å². The van der Waals surface area contributed by atoms with E-state index >= 15 is 0 Å². The molecular weight excluding hydrogens is 238 g/mol. The molecule has 0 aliphatic rings. The lowest BCUT2D eigenvalue weighted by molar-refractivity contribution is -0.139. The topological polar surface area (TPSA) is 69.4 Å². The second-order valence-electron chi connectivity index (χ2n) is 3.59. The molecule has 1 atom stereocenters. The molecule has 4 nitrogen and oxygen atoms in total. The Kier molecular flexibility index (Phi) is 4.90. The lowest BCUT2D eigenvalue weighted by Gasteiger charge is -2.03. The number of rotatable bonds is 4. The Balaban J connectivity index is 2.56. The molecule has 5 heteroatoms. The average Bonchev–Trinajstić information content (AvgIpc) is 2.26. The lowest BCUT2D eigenvalue weighted by Crippen LogP contribution is -2.04. The monoisotopic (exact) mass is 253 g/mol. The van der Waals surface area contributed by atoms with E-state index in [0.717, 1.165) is 10.5 Å². The zero-order valence-electron chi connectivity index (χ0n) is 9.80. The molecule has 1 rings (SSSR count). The second kappa shape index (κ2) is 6.20. The van der Waals surface area contributed by atoms with Gasteiger partial charge in [-0.3, -0.25) is 4.21 Å². The van der Waals surface area contributed by atoms with Crippen LogP contribution in [0.5, 0.6) is 0 Å². The van der Waals surface area contributed by atoms with E-state index < -0.39 is 16.8 Å². The fourth-order valence-electron chi connectivity index (χ4n) is 1.16. The van der Waals surface area contributed by atoms with Crippen LogP contribution >= 0.6 is 0 Å². The maximum Gasteiger partial charge on any atom is 0.332 e. The maximum absolute atomic E-state index is 11.2. The van der Waals surface area contributed by atoms with E-state index in [1.165, 1.54) is 6.08 Å². The minimum absolute atomic E-state index is 0.180. The smallest absolute Gasteiger partial charge is 0.332 e. The van der Waals surface area contributed by atoms with Gasteiger partial charge in [0.2, 0.25) is 0 Å². The zero-order valence-corrected chi connectivity index (χ0v) is 10.6. The summed E-state index contributed by atoms with van der Waals surface area (Å²) in [7, 11) is -0.992. The SMILES string of the molecule is C/C(N)=C/C(=O)OCc1ccc(S(C)=O)cc1. The van der Waals surface area contributed by atoms with Crippen LogP contribution in [0.3, 0.4) is 0 Å². The first kappa shape index (κ1) is 13.4. The normalized spacial score (nSPS) is 13.2. The van der Waals surface area contributed by atoms with Crippen LogP contribution in [-0.4, -0.2) is 16.4 Å². The van der Waals surface area contributed by atoms with Crippen molar-refractivity contribution in [2.75, 3.05) is 6.26 Å². The molecule has 0 amide bonds. The number of nitrogens with two attached hydrogens (primary N) is 1. The first-order valence-electron chi connectivity index (χ1n) is 5.02. The van der Waals surface area contributed by atoms with E-state index in [2.05, 4.69) is 0 Å². The van der Waals surface area contributed by atoms with Gasteiger partial charge in [0.05, 0.1) is 0 Å². The van der Waals surface area contributed by atoms with Crippen molar-refractivity contribution >= 4 is 16.8 Å². The van der Waals surface area contributed by atoms with E-state index in [0.29, 0.717) is 5.70 Å². The van der Waals surface area contributed by atoms with Gasteiger partial charge in [-0.05, 0) is 24.6 Å². The third kappa shape index (κ3) is 4.82. The molecule has 0 saturated carbocycles. The molecule has 1 aromatic carbocycles. The summed E-state index contributed by atoms with van der Waals surface area (Å²) >= 11 is 0. The van der Waals surface area contributed by atoms with Crippen LogP contribution in [0.1, 0.15) is 12.5 Å². The molecular formula is C12H15NO3S. The Bertz CT molecular complexity index is 447. The van der Waals surface area contributed by atoms with E-state index in [4.69, 9.17) is 10.5 Å². The summed E-state index contributed by atoms with van der Waals surface area (Å²) in [6.45, 7) is 1.80. The number of benzene rings is 1. The van der Waals surface area contributed by atoms with Crippen LogP contribution in [0.25, 0.3) is 0 Å². The number of allylic oxidation sites excluding steroid dienone is 1. The Hall–Kier alpha value is -1.62. The minimum Gasteiger partial charge on any atom is -0.458 e. The third-order valence-corrected chi connectivity index (χ3v) is 2.92. The van der Waals surface area contributed by atoms with Gasteiger partial charge in [-0.25, -0.2) is 4.79 Å². The van der Waals surface area contributed by atoms with E-state index in [1.54, 1.807) is 37.4 Å². The summed E-state index contributed by atoms with van der Waals surface area (Å²) in [5, 5.41) is 0. The molecule has 0 bridgehead atoms. The van der Waals surface area contributed by atoms with Crippen molar-refractivity contribution in [3.05, 3.63) is 41.6 Å². The van der Waals surface area contributed by atoms with Crippen molar-refractivity contribution in [2.45, 2.75) is 18.4 Å². The Morgan fingerprint density at radius 1 is 1.41 bits per heavy atom. The van der Waals surface area contributed by atoms with Gasteiger partial charge in [0.25, 0.3) is 0 Å². The molecule has 0 aliphatic heterocycles. The fraction of sp³-hybridized carbons (Fsp3) is 0.250. The summed E-state index contributed by atoms with van der Waals surface area (Å²) in [6.07, 6.45) is 2.85. The third-order valence-electron chi connectivity index (χ3n) is 1.98. The van der Waals surface area contributed by atoms with Crippen molar-refractivity contribution in [3.8, 4) is 0 Å². The number of esters is 1. The molecule has 0 fully saturated rings. The lowest BCUT2D eigenvalue weighted by atomic mass is 10.2. The molecule has 1 unspecified atom stereocenters. The van der Waals surface area contributed by atoms with Gasteiger partial charge in [0, 0.05) is 33.7 Å². The molecule has 2 N–H and O–H groups in total. The van der Waals surface area contributed by atoms with Gasteiger partial charge in [-0.15, -0.1) is 0 Å². The van der Waals surface area contributed by atoms with E-state index in [-0.39, 0.29) is 6.61 Å². The number of carbonyl (C=O) groups excluding carboxylic acids is 1. The molecule has 0 heterocycles.